The van der Waals surface area contributed by atoms with E-state index in [0.717, 1.165) is 19.2 Å². The molecule has 0 heterocycles. The number of methoxy groups -OCH3 is 2. The van der Waals surface area contributed by atoms with E-state index >= 15 is 0 Å². The summed E-state index contributed by atoms with van der Waals surface area (Å²) in [7, 11) is 2.54. The molecule has 1 aromatic rings. The van der Waals surface area contributed by atoms with Crippen molar-refractivity contribution in [3.63, 3.8) is 0 Å². The number of hydrogen-bond acceptors (Lipinski definition) is 4. The molecule has 0 aliphatic heterocycles. The van der Waals surface area contributed by atoms with Gasteiger partial charge >= 0.3 is 0 Å². The molecule has 1 unspecified atom stereocenters. The molecule has 7 heteroatoms. The van der Waals surface area contributed by atoms with Crippen molar-refractivity contribution in [2.24, 2.45) is 5.73 Å². The molecule has 1 rings (SSSR count). The van der Waals surface area contributed by atoms with Crippen LogP contribution in [0.25, 0.3) is 0 Å². The van der Waals surface area contributed by atoms with Gasteiger partial charge in [-0.1, -0.05) is 0 Å². The normalized spacial score (nSPS) is 12.1. The molecule has 1 amide bonds. The highest BCUT2D eigenvalue weighted by atomic mass is 19.1. The number of carbonyl (C=O) groups excluding carboxylic acids is 1. The van der Waals surface area contributed by atoms with Crippen molar-refractivity contribution in [3.05, 3.63) is 23.8 Å². The number of amides is 1. The molecule has 0 aliphatic carbocycles. The lowest BCUT2D eigenvalue weighted by atomic mass is 10.2. The first kappa shape index (κ1) is 14.3. The summed E-state index contributed by atoms with van der Waals surface area (Å²) in [6, 6.07) is 0.974. The van der Waals surface area contributed by atoms with Gasteiger partial charge in [-0.25, -0.2) is 8.78 Å². The van der Waals surface area contributed by atoms with Gasteiger partial charge in [0.1, 0.15) is 6.04 Å². The lowest BCUT2D eigenvalue weighted by Crippen LogP contribution is -2.39. The van der Waals surface area contributed by atoms with Crippen molar-refractivity contribution >= 4 is 11.6 Å². The molecule has 5 nitrogen and oxygen atoms in total. The molecule has 100 valence electrons. The van der Waals surface area contributed by atoms with Crippen molar-refractivity contribution in [3.8, 4) is 5.75 Å². The number of halogens is 2. The van der Waals surface area contributed by atoms with E-state index < -0.39 is 29.3 Å². The third-order valence-electron chi connectivity index (χ3n) is 2.15. The zero-order valence-electron chi connectivity index (χ0n) is 10.00. The van der Waals surface area contributed by atoms with Gasteiger partial charge < -0.3 is 20.5 Å². The largest absolute Gasteiger partial charge is 0.491 e. The summed E-state index contributed by atoms with van der Waals surface area (Å²) in [5, 5.41) is 2.28. The third-order valence-corrected chi connectivity index (χ3v) is 2.15. The van der Waals surface area contributed by atoms with Crippen LogP contribution in [0.4, 0.5) is 14.5 Å². The zero-order valence-corrected chi connectivity index (χ0v) is 10.00. The Bertz CT molecular complexity index is 417. The van der Waals surface area contributed by atoms with Crippen LogP contribution in [0.15, 0.2) is 12.1 Å². The van der Waals surface area contributed by atoms with Crippen LogP contribution in [0.1, 0.15) is 0 Å². The molecular weight excluding hydrogens is 246 g/mol. The van der Waals surface area contributed by atoms with E-state index in [1.165, 1.54) is 7.11 Å². The van der Waals surface area contributed by atoms with Gasteiger partial charge in [0.2, 0.25) is 5.91 Å². The predicted molar refractivity (Wildman–Crippen MR) is 61.4 cm³/mol. The Kier molecular flexibility index (Phi) is 4.99. The number of ether oxygens (including phenoxy) is 2. The van der Waals surface area contributed by atoms with Crippen LogP contribution in [0.5, 0.6) is 5.75 Å². The molecule has 0 aliphatic rings. The fraction of sp³-hybridized carbons (Fsp3) is 0.364. The van der Waals surface area contributed by atoms with Gasteiger partial charge in [-0.15, -0.1) is 0 Å². The Morgan fingerprint density at radius 1 is 1.39 bits per heavy atom. The Labute approximate surface area is 103 Å². The molecule has 1 aromatic carbocycles. The standard InChI is InChI=1S/C11H14F2N2O3/c1-17-5-9(14)11(16)15-6-3-7(12)10(18-2)8(13)4-6/h3-4,9H,5,14H2,1-2H3,(H,15,16). The molecule has 0 saturated carbocycles. The molecule has 0 saturated heterocycles. The van der Waals surface area contributed by atoms with E-state index in [2.05, 4.69) is 10.1 Å². The molecule has 0 spiro atoms. The van der Waals surface area contributed by atoms with E-state index in [1.54, 1.807) is 0 Å². The average Bonchev–Trinajstić information content (AvgIpc) is 2.28. The monoisotopic (exact) mass is 260 g/mol. The van der Waals surface area contributed by atoms with E-state index in [9.17, 15) is 13.6 Å². The van der Waals surface area contributed by atoms with Gasteiger partial charge in [0.15, 0.2) is 17.4 Å². The molecule has 0 fully saturated rings. The van der Waals surface area contributed by atoms with E-state index in [-0.39, 0.29) is 12.3 Å². The summed E-state index contributed by atoms with van der Waals surface area (Å²) in [6.45, 7) is 0.00690. The van der Waals surface area contributed by atoms with Gasteiger partial charge in [0.05, 0.1) is 13.7 Å². The Morgan fingerprint density at radius 2 is 1.94 bits per heavy atom. The number of hydrogen-bond donors (Lipinski definition) is 2. The van der Waals surface area contributed by atoms with E-state index in [4.69, 9.17) is 10.5 Å². The fourth-order valence-electron chi connectivity index (χ4n) is 1.32. The van der Waals surface area contributed by atoms with Crippen LogP contribution in [0, 0.1) is 11.6 Å². The zero-order chi connectivity index (χ0) is 13.7. The van der Waals surface area contributed by atoms with Crippen molar-refractivity contribution in [1.29, 1.82) is 0 Å². The van der Waals surface area contributed by atoms with Gasteiger partial charge in [-0.05, 0) is 0 Å². The average molecular weight is 260 g/mol. The highest BCUT2D eigenvalue weighted by molar-refractivity contribution is 5.94. The summed E-state index contributed by atoms with van der Waals surface area (Å²) >= 11 is 0. The number of anilines is 1. The van der Waals surface area contributed by atoms with Crippen LogP contribution >= 0.6 is 0 Å². The quantitative estimate of drug-likeness (QED) is 0.824. The number of nitrogens with two attached hydrogens (primary N) is 1. The smallest absolute Gasteiger partial charge is 0.243 e. The molecular formula is C11H14F2N2O3. The number of carbonyl (C=O) groups is 1. The number of nitrogens with one attached hydrogen (secondary N) is 1. The highest BCUT2D eigenvalue weighted by Gasteiger charge is 2.16. The molecule has 1 atom stereocenters. The Hall–Kier alpha value is -1.73. The minimum absolute atomic E-state index is 0.00690. The Balaban J connectivity index is 2.83. The summed E-state index contributed by atoms with van der Waals surface area (Å²) < 4.78 is 35.9. The van der Waals surface area contributed by atoms with Crippen LogP contribution in [-0.4, -0.2) is 32.8 Å². The number of rotatable bonds is 5. The second-order valence-corrected chi connectivity index (χ2v) is 3.52. The van der Waals surface area contributed by atoms with Crippen LogP contribution in [0.3, 0.4) is 0 Å². The van der Waals surface area contributed by atoms with Crippen LogP contribution < -0.4 is 15.8 Å². The molecule has 0 bridgehead atoms. The first-order valence-corrected chi connectivity index (χ1v) is 5.08. The summed E-state index contributed by atoms with van der Waals surface area (Å²) in [5.41, 5.74) is 5.42. The fourth-order valence-corrected chi connectivity index (χ4v) is 1.32. The second kappa shape index (κ2) is 6.27. The first-order chi connectivity index (χ1) is 8.49. The lowest BCUT2D eigenvalue weighted by molar-refractivity contribution is -0.118. The SMILES string of the molecule is COCC(N)C(=O)Nc1cc(F)c(OC)c(F)c1. The summed E-state index contributed by atoms with van der Waals surface area (Å²) in [6.07, 6.45) is 0. The minimum atomic E-state index is -0.914. The van der Waals surface area contributed by atoms with Gasteiger partial charge in [0.25, 0.3) is 0 Å². The van der Waals surface area contributed by atoms with Gasteiger partial charge in [0, 0.05) is 24.9 Å². The topological polar surface area (TPSA) is 73.6 Å². The predicted octanol–water partition coefficient (Wildman–Crippen LogP) is 0.886. The van der Waals surface area contributed by atoms with Crippen molar-refractivity contribution in [2.75, 3.05) is 26.1 Å². The summed E-state index contributed by atoms with van der Waals surface area (Å²) in [4.78, 5) is 11.5. The molecule has 18 heavy (non-hydrogen) atoms. The van der Waals surface area contributed by atoms with Gasteiger partial charge in [-0.2, -0.15) is 0 Å². The van der Waals surface area contributed by atoms with Gasteiger partial charge in [-0.3, -0.25) is 4.79 Å². The molecule has 0 aromatic heterocycles. The second-order valence-electron chi connectivity index (χ2n) is 3.52. The molecule has 0 radical (unpaired) electrons. The Morgan fingerprint density at radius 3 is 2.39 bits per heavy atom. The van der Waals surface area contributed by atoms with Crippen LogP contribution in [-0.2, 0) is 9.53 Å². The molecule has 3 N–H and O–H groups in total. The number of benzene rings is 1. The maximum absolute atomic E-state index is 13.3. The third kappa shape index (κ3) is 3.38. The highest BCUT2D eigenvalue weighted by Crippen LogP contribution is 2.25. The van der Waals surface area contributed by atoms with Crippen LogP contribution in [0.2, 0.25) is 0 Å². The van der Waals surface area contributed by atoms with E-state index in [0.29, 0.717) is 0 Å². The minimum Gasteiger partial charge on any atom is -0.491 e. The van der Waals surface area contributed by atoms with Crippen molar-refractivity contribution < 1.29 is 23.0 Å². The van der Waals surface area contributed by atoms with Crippen molar-refractivity contribution in [1.82, 2.24) is 0 Å². The summed E-state index contributed by atoms with van der Waals surface area (Å²) in [5.74, 6) is -2.92. The first-order valence-electron chi connectivity index (χ1n) is 5.08. The van der Waals surface area contributed by atoms with Crippen molar-refractivity contribution in [2.45, 2.75) is 6.04 Å². The van der Waals surface area contributed by atoms with E-state index in [1.807, 2.05) is 0 Å². The maximum Gasteiger partial charge on any atom is 0.243 e. The maximum atomic E-state index is 13.3. The lowest BCUT2D eigenvalue weighted by Gasteiger charge is -2.12.